The molecule has 0 spiro atoms. The highest BCUT2D eigenvalue weighted by atomic mass is 16.1. The SMILES string of the molecule is O=C=NC12CCCC(CCC1)C2. The van der Waals surface area contributed by atoms with Gasteiger partial charge >= 0.3 is 0 Å². The van der Waals surface area contributed by atoms with Gasteiger partial charge in [0.1, 0.15) is 0 Å². The van der Waals surface area contributed by atoms with Crippen LogP contribution >= 0.6 is 0 Å². The molecule has 66 valence electrons. The van der Waals surface area contributed by atoms with E-state index in [0.717, 1.165) is 25.2 Å². The Morgan fingerprint density at radius 1 is 1.25 bits per heavy atom. The molecule has 12 heavy (non-hydrogen) atoms. The summed E-state index contributed by atoms with van der Waals surface area (Å²) in [4.78, 5) is 14.3. The van der Waals surface area contributed by atoms with E-state index in [-0.39, 0.29) is 5.54 Å². The summed E-state index contributed by atoms with van der Waals surface area (Å²) in [5, 5.41) is 0. The Morgan fingerprint density at radius 3 is 2.50 bits per heavy atom. The van der Waals surface area contributed by atoms with Gasteiger partial charge in [-0.05, 0) is 25.2 Å². The molecule has 0 N–H and O–H groups in total. The molecule has 0 radical (unpaired) electrons. The van der Waals surface area contributed by atoms with Crippen LogP contribution in [0.15, 0.2) is 4.99 Å². The largest absolute Gasteiger partial charge is 0.235 e. The second-order valence-corrected chi connectivity index (χ2v) is 4.28. The van der Waals surface area contributed by atoms with Crippen molar-refractivity contribution in [2.45, 2.75) is 50.5 Å². The van der Waals surface area contributed by atoms with Crippen molar-refractivity contribution in [2.24, 2.45) is 10.9 Å². The number of rotatable bonds is 1. The molecule has 0 aliphatic heterocycles. The van der Waals surface area contributed by atoms with Gasteiger partial charge in [0.15, 0.2) is 0 Å². The van der Waals surface area contributed by atoms with Crippen LogP contribution < -0.4 is 0 Å². The van der Waals surface area contributed by atoms with Crippen molar-refractivity contribution in [3.8, 4) is 0 Å². The summed E-state index contributed by atoms with van der Waals surface area (Å²) >= 11 is 0. The Bertz CT molecular complexity index is 208. The van der Waals surface area contributed by atoms with Crippen LogP contribution in [0.25, 0.3) is 0 Å². The summed E-state index contributed by atoms with van der Waals surface area (Å²) in [5.41, 5.74) is 0.0307. The molecule has 0 unspecified atom stereocenters. The van der Waals surface area contributed by atoms with Gasteiger partial charge in [-0.1, -0.05) is 25.7 Å². The van der Waals surface area contributed by atoms with E-state index in [9.17, 15) is 4.79 Å². The van der Waals surface area contributed by atoms with Crippen molar-refractivity contribution in [3.63, 3.8) is 0 Å². The predicted octanol–water partition coefficient (Wildman–Crippen LogP) is 2.44. The zero-order valence-electron chi connectivity index (χ0n) is 7.38. The first-order chi connectivity index (χ1) is 5.85. The lowest BCUT2D eigenvalue weighted by molar-refractivity contribution is 0.157. The minimum atomic E-state index is 0.0307. The van der Waals surface area contributed by atoms with Gasteiger partial charge < -0.3 is 0 Å². The van der Waals surface area contributed by atoms with E-state index in [1.54, 1.807) is 6.08 Å². The zero-order valence-corrected chi connectivity index (χ0v) is 7.38. The van der Waals surface area contributed by atoms with Gasteiger partial charge in [-0.15, -0.1) is 0 Å². The highest BCUT2D eigenvalue weighted by molar-refractivity contribution is 5.35. The molecule has 0 aromatic heterocycles. The Labute approximate surface area is 73.1 Å². The van der Waals surface area contributed by atoms with E-state index in [1.807, 2.05) is 0 Å². The highest BCUT2D eigenvalue weighted by Crippen LogP contribution is 2.44. The van der Waals surface area contributed by atoms with Gasteiger partial charge in [0.2, 0.25) is 6.08 Å². The molecule has 2 nitrogen and oxygen atoms in total. The average Bonchev–Trinajstić information content (AvgIpc) is 2.04. The molecule has 2 bridgehead atoms. The molecule has 2 heteroatoms. The van der Waals surface area contributed by atoms with Gasteiger partial charge in [-0.3, -0.25) is 0 Å². The number of carbonyl (C=O) groups excluding carboxylic acids is 1. The predicted molar refractivity (Wildman–Crippen MR) is 46.7 cm³/mol. The summed E-state index contributed by atoms with van der Waals surface area (Å²) in [6.07, 6.45) is 10.4. The second kappa shape index (κ2) is 3.02. The van der Waals surface area contributed by atoms with Gasteiger partial charge in [-0.25, -0.2) is 4.79 Å². The minimum absolute atomic E-state index is 0.0307. The van der Waals surface area contributed by atoms with Crippen molar-refractivity contribution < 1.29 is 4.79 Å². The van der Waals surface area contributed by atoms with E-state index < -0.39 is 0 Å². The van der Waals surface area contributed by atoms with E-state index in [4.69, 9.17) is 0 Å². The maximum absolute atomic E-state index is 10.3. The fourth-order valence-corrected chi connectivity index (χ4v) is 2.91. The van der Waals surface area contributed by atoms with Crippen LogP contribution in [0.4, 0.5) is 0 Å². The van der Waals surface area contributed by atoms with Gasteiger partial charge in [0.05, 0.1) is 5.54 Å². The fourth-order valence-electron chi connectivity index (χ4n) is 2.91. The van der Waals surface area contributed by atoms with E-state index >= 15 is 0 Å². The third kappa shape index (κ3) is 1.32. The number of hydrogen-bond acceptors (Lipinski definition) is 2. The molecule has 2 aliphatic carbocycles. The third-order valence-corrected chi connectivity index (χ3v) is 3.46. The zero-order chi connectivity index (χ0) is 8.44. The molecular weight excluding hydrogens is 150 g/mol. The highest BCUT2D eigenvalue weighted by Gasteiger charge is 2.38. The van der Waals surface area contributed by atoms with Crippen LogP contribution in [0.1, 0.15) is 44.9 Å². The number of isocyanates is 1. The van der Waals surface area contributed by atoms with Crippen molar-refractivity contribution in [2.75, 3.05) is 0 Å². The molecule has 0 heterocycles. The maximum atomic E-state index is 10.3. The van der Waals surface area contributed by atoms with Crippen LogP contribution in [0.5, 0.6) is 0 Å². The molecule has 0 amide bonds. The summed E-state index contributed by atoms with van der Waals surface area (Å²) in [6, 6.07) is 0. The van der Waals surface area contributed by atoms with Gasteiger partial charge in [0.25, 0.3) is 0 Å². The summed E-state index contributed by atoms with van der Waals surface area (Å²) < 4.78 is 0. The number of fused-ring (bicyclic) bond motifs is 2. The number of aliphatic imine (C=N–C) groups is 1. The van der Waals surface area contributed by atoms with Gasteiger partial charge in [0, 0.05) is 0 Å². The Balaban J connectivity index is 2.16. The van der Waals surface area contributed by atoms with E-state index in [0.29, 0.717) is 0 Å². The van der Waals surface area contributed by atoms with Crippen molar-refractivity contribution in [1.82, 2.24) is 0 Å². The van der Waals surface area contributed by atoms with Crippen LogP contribution in [-0.4, -0.2) is 11.6 Å². The molecule has 2 saturated carbocycles. The number of hydrogen-bond donors (Lipinski definition) is 0. The number of nitrogens with zero attached hydrogens (tertiary/aromatic N) is 1. The topological polar surface area (TPSA) is 29.4 Å². The standard InChI is InChI=1S/C10H15NO/c12-8-11-10-5-1-3-9(7-10)4-2-6-10/h9H,1-7H2. The van der Waals surface area contributed by atoms with Crippen LogP contribution in [0.2, 0.25) is 0 Å². The molecule has 0 atom stereocenters. The quantitative estimate of drug-likeness (QED) is 0.433. The fraction of sp³-hybridized carbons (Fsp3) is 0.900. The van der Waals surface area contributed by atoms with Crippen molar-refractivity contribution >= 4 is 6.08 Å². The first-order valence-electron chi connectivity index (χ1n) is 4.94. The lowest BCUT2D eigenvalue weighted by Gasteiger charge is -2.41. The third-order valence-electron chi connectivity index (χ3n) is 3.46. The van der Waals surface area contributed by atoms with E-state index in [2.05, 4.69) is 4.99 Å². The Kier molecular flexibility index (Phi) is 2.02. The van der Waals surface area contributed by atoms with Crippen molar-refractivity contribution in [1.29, 1.82) is 0 Å². The second-order valence-electron chi connectivity index (χ2n) is 4.28. The Morgan fingerprint density at radius 2 is 1.92 bits per heavy atom. The maximum Gasteiger partial charge on any atom is 0.235 e. The average molecular weight is 165 g/mol. The molecule has 2 fully saturated rings. The molecule has 0 aromatic carbocycles. The molecule has 0 aromatic rings. The monoisotopic (exact) mass is 165 g/mol. The lowest BCUT2D eigenvalue weighted by atomic mass is 9.67. The molecular formula is C10H15NO. The van der Waals surface area contributed by atoms with Gasteiger partial charge in [-0.2, -0.15) is 4.99 Å². The van der Waals surface area contributed by atoms with Crippen LogP contribution in [-0.2, 0) is 4.79 Å². The minimum Gasteiger partial charge on any atom is -0.211 e. The first kappa shape index (κ1) is 8.00. The first-order valence-corrected chi connectivity index (χ1v) is 4.94. The lowest BCUT2D eigenvalue weighted by Crippen LogP contribution is -2.37. The van der Waals surface area contributed by atoms with Crippen LogP contribution in [0.3, 0.4) is 0 Å². The smallest absolute Gasteiger partial charge is 0.211 e. The molecule has 2 aliphatic rings. The van der Waals surface area contributed by atoms with E-state index in [1.165, 1.54) is 25.7 Å². The Hall–Kier alpha value is -0.620. The van der Waals surface area contributed by atoms with Crippen LogP contribution in [0, 0.1) is 5.92 Å². The van der Waals surface area contributed by atoms with Crippen molar-refractivity contribution in [3.05, 3.63) is 0 Å². The normalized spacial score (nSPS) is 40.2. The molecule has 0 saturated heterocycles. The summed E-state index contributed by atoms with van der Waals surface area (Å²) in [7, 11) is 0. The molecule has 2 rings (SSSR count). The summed E-state index contributed by atoms with van der Waals surface area (Å²) in [5.74, 6) is 0.851. The summed E-state index contributed by atoms with van der Waals surface area (Å²) in [6.45, 7) is 0.